The van der Waals surface area contributed by atoms with Crippen LogP contribution in [-0.4, -0.2) is 27.4 Å². The van der Waals surface area contributed by atoms with E-state index in [-0.39, 0.29) is 24.5 Å². The number of ether oxygens (including phenoxy) is 1. The van der Waals surface area contributed by atoms with Crippen LogP contribution in [0.4, 0.5) is 8.78 Å². The van der Waals surface area contributed by atoms with Crippen molar-refractivity contribution in [1.29, 1.82) is 0 Å². The summed E-state index contributed by atoms with van der Waals surface area (Å²) in [6.45, 7) is 4.09. The fraction of sp³-hybridized carbons (Fsp3) is 0.556. The first-order valence-electron chi connectivity index (χ1n) is 8.49. The monoisotopic (exact) mass is 336 g/mol. The van der Waals surface area contributed by atoms with Gasteiger partial charge in [0.2, 0.25) is 0 Å². The van der Waals surface area contributed by atoms with Gasteiger partial charge in [-0.1, -0.05) is 20.3 Å². The van der Waals surface area contributed by atoms with E-state index in [1.54, 1.807) is 29.0 Å². The summed E-state index contributed by atoms with van der Waals surface area (Å²) in [5, 5.41) is 4.22. The molecule has 3 rings (SSSR count). The number of ketones is 1. The lowest BCUT2D eigenvalue weighted by Gasteiger charge is -2.34. The molecule has 0 amide bonds. The standard InChI is InChI=1S/C18H22F2N2O2/c1-3-5-12(4-2)17(23)15-10-21-22-11-13(6-7-16(15)22)24-14-8-18(19,20)9-14/h6-7,10-12,14H,3-5,8-9H2,1-2H3. The third-order valence-corrected chi connectivity index (χ3v) is 4.61. The third-order valence-electron chi connectivity index (χ3n) is 4.61. The van der Waals surface area contributed by atoms with Crippen molar-refractivity contribution in [2.45, 2.75) is 58.0 Å². The lowest BCUT2D eigenvalue weighted by atomic mass is 9.91. The number of carbonyl (C=O) groups excluding carboxylic acids is 1. The molecule has 2 aromatic rings. The van der Waals surface area contributed by atoms with Gasteiger partial charge >= 0.3 is 0 Å². The summed E-state index contributed by atoms with van der Waals surface area (Å²) in [6.07, 6.45) is 4.91. The zero-order valence-corrected chi connectivity index (χ0v) is 14.0. The van der Waals surface area contributed by atoms with Crippen LogP contribution in [0.15, 0.2) is 24.5 Å². The van der Waals surface area contributed by atoms with Crippen molar-refractivity contribution in [3.8, 4) is 5.75 Å². The summed E-state index contributed by atoms with van der Waals surface area (Å²) >= 11 is 0. The molecule has 1 unspecified atom stereocenters. The van der Waals surface area contributed by atoms with Gasteiger partial charge in [-0.15, -0.1) is 0 Å². The molecule has 2 heterocycles. The molecule has 0 saturated heterocycles. The van der Waals surface area contributed by atoms with Gasteiger partial charge in [0.1, 0.15) is 11.9 Å². The Kier molecular flexibility index (Phi) is 4.56. The highest BCUT2D eigenvalue weighted by Gasteiger charge is 2.47. The molecule has 0 bridgehead atoms. The summed E-state index contributed by atoms with van der Waals surface area (Å²) in [5.41, 5.74) is 1.33. The first kappa shape index (κ1) is 16.9. The molecule has 1 fully saturated rings. The van der Waals surface area contributed by atoms with E-state index in [0.29, 0.717) is 11.3 Å². The molecule has 0 aromatic carbocycles. The van der Waals surface area contributed by atoms with Crippen LogP contribution >= 0.6 is 0 Å². The molecule has 0 radical (unpaired) electrons. The second-order valence-electron chi connectivity index (χ2n) is 6.52. The number of hydrogen-bond acceptors (Lipinski definition) is 3. The summed E-state index contributed by atoms with van der Waals surface area (Å²) in [7, 11) is 0. The molecule has 4 nitrogen and oxygen atoms in total. The van der Waals surface area contributed by atoms with Gasteiger partial charge in [0.05, 0.1) is 23.5 Å². The van der Waals surface area contributed by atoms with Crippen LogP contribution in [0.2, 0.25) is 0 Å². The van der Waals surface area contributed by atoms with E-state index in [0.717, 1.165) is 24.8 Å². The van der Waals surface area contributed by atoms with Gasteiger partial charge in [-0.2, -0.15) is 5.10 Å². The van der Waals surface area contributed by atoms with E-state index in [1.165, 1.54) is 0 Å². The van der Waals surface area contributed by atoms with Crippen molar-refractivity contribution in [3.05, 3.63) is 30.1 Å². The maximum Gasteiger partial charge on any atom is 0.255 e. The lowest BCUT2D eigenvalue weighted by molar-refractivity contribution is -0.134. The minimum atomic E-state index is -2.60. The van der Waals surface area contributed by atoms with E-state index in [9.17, 15) is 13.6 Å². The van der Waals surface area contributed by atoms with Crippen molar-refractivity contribution in [2.75, 3.05) is 0 Å². The Hall–Kier alpha value is -1.98. The molecule has 0 aliphatic heterocycles. The Bertz CT molecular complexity index is 734. The SMILES string of the molecule is CCCC(CC)C(=O)c1cnn2cc(OC3CC(F)(F)C3)ccc12. The van der Waals surface area contributed by atoms with Crippen molar-refractivity contribution >= 4 is 11.3 Å². The van der Waals surface area contributed by atoms with Crippen LogP contribution in [0.1, 0.15) is 56.3 Å². The maximum atomic E-state index is 12.9. The summed E-state index contributed by atoms with van der Waals surface area (Å²) < 4.78 is 32.9. The Morgan fingerprint density at radius 1 is 1.42 bits per heavy atom. The van der Waals surface area contributed by atoms with Crippen LogP contribution in [0.5, 0.6) is 5.75 Å². The fourth-order valence-corrected chi connectivity index (χ4v) is 3.20. The van der Waals surface area contributed by atoms with Crippen molar-refractivity contribution in [1.82, 2.24) is 9.61 Å². The van der Waals surface area contributed by atoms with Crippen molar-refractivity contribution in [3.63, 3.8) is 0 Å². The molecule has 1 atom stereocenters. The van der Waals surface area contributed by atoms with Crippen LogP contribution < -0.4 is 4.74 Å². The topological polar surface area (TPSA) is 43.6 Å². The minimum Gasteiger partial charge on any atom is -0.488 e. The zero-order chi connectivity index (χ0) is 17.3. The van der Waals surface area contributed by atoms with E-state index in [1.807, 2.05) is 6.92 Å². The number of aromatic nitrogens is 2. The second-order valence-corrected chi connectivity index (χ2v) is 6.52. The second kappa shape index (κ2) is 6.49. The molecular formula is C18H22F2N2O2. The molecule has 6 heteroatoms. The highest BCUT2D eigenvalue weighted by molar-refractivity contribution is 6.03. The van der Waals surface area contributed by atoms with Gasteiger partial charge in [0.15, 0.2) is 5.78 Å². The van der Waals surface area contributed by atoms with E-state index < -0.39 is 12.0 Å². The zero-order valence-electron chi connectivity index (χ0n) is 14.0. The molecule has 2 aromatic heterocycles. The summed E-state index contributed by atoms with van der Waals surface area (Å²) in [4.78, 5) is 12.7. The molecule has 0 spiro atoms. The smallest absolute Gasteiger partial charge is 0.255 e. The molecule has 24 heavy (non-hydrogen) atoms. The Morgan fingerprint density at radius 2 is 2.17 bits per heavy atom. The van der Waals surface area contributed by atoms with Gasteiger partial charge < -0.3 is 4.74 Å². The van der Waals surface area contributed by atoms with Crippen molar-refractivity contribution < 1.29 is 18.3 Å². The van der Waals surface area contributed by atoms with Crippen LogP contribution in [-0.2, 0) is 0 Å². The number of hydrogen-bond donors (Lipinski definition) is 0. The van der Waals surface area contributed by atoms with Crippen LogP contribution in [0.3, 0.4) is 0 Å². The predicted octanol–water partition coefficient (Wildman–Crippen LogP) is 4.52. The van der Waals surface area contributed by atoms with Gasteiger partial charge in [0.25, 0.3) is 5.92 Å². The largest absolute Gasteiger partial charge is 0.488 e. The first-order valence-corrected chi connectivity index (χ1v) is 8.49. The van der Waals surface area contributed by atoms with Gasteiger partial charge in [-0.25, -0.2) is 13.3 Å². The van der Waals surface area contributed by atoms with E-state index in [2.05, 4.69) is 12.0 Å². The average molecular weight is 336 g/mol. The average Bonchev–Trinajstić information content (AvgIpc) is 2.93. The quantitative estimate of drug-likeness (QED) is 0.698. The summed E-state index contributed by atoms with van der Waals surface area (Å²) in [6, 6.07) is 3.48. The number of alkyl halides is 2. The van der Waals surface area contributed by atoms with Gasteiger partial charge in [-0.05, 0) is 25.0 Å². The number of pyridine rings is 1. The highest BCUT2D eigenvalue weighted by Crippen LogP contribution is 2.39. The van der Waals surface area contributed by atoms with Crippen LogP contribution in [0, 0.1) is 5.92 Å². The first-order chi connectivity index (χ1) is 11.4. The molecule has 1 aliphatic carbocycles. The molecule has 1 saturated carbocycles. The number of fused-ring (bicyclic) bond motifs is 1. The van der Waals surface area contributed by atoms with E-state index >= 15 is 0 Å². The molecule has 1 aliphatic rings. The highest BCUT2D eigenvalue weighted by atomic mass is 19.3. The molecular weight excluding hydrogens is 314 g/mol. The van der Waals surface area contributed by atoms with Gasteiger partial charge in [0, 0.05) is 18.8 Å². The Morgan fingerprint density at radius 3 is 2.79 bits per heavy atom. The maximum absolute atomic E-state index is 12.9. The van der Waals surface area contributed by atoms with Gasteiger partial charge in [-0.3, -0.25) is 4.79 Å². The minimum absolute atomic E-state index is 0.0103. The predicted molar refractivity (Wildman–Crippen MR) is 86.8 cm³/mol. The number of nitrogens with zero attached hydrogens (tertiary/aromatic N) is 2. The molecule has 0 N–H and O–H groups in total. The van der Waals surface area contributed by atoms with E-state index in [4.69, 9.17) is 4.74 Å². The lowest BCUT2D eigenvalue weighted by Crippen LogP contribution is -2.43. The number of Topliss-reactive ketones (excluding diaryl/α,β-unsaturated/α-hetero) is 1. The van der Waals surface area contributed by atoms with Crippen LogP contribution in [0.25, 0.3) is 5.52 Å². The summed E-state index contributed by atoms with van der Waals surface area (Å²) in [5.74, 6) is -1.99. The normalized spacial score (nSPS) is 18.3. The fourth-order valence-electron chi connectivity index (χ4n) is 3.20. The Balaban J connectivity index is 1.77. The van der Waals surface area contributed by atoms with Crippen molar-refractivity contribution in [2.24, 2.45) is 5.92 Å². The number of halogens is 2. The Labute approximate surface area is 139 Å². The third kappa shape index (κ3) is 3.28. The number of rotatable bonds is 7. The molecule has 130 valence electrons. The number of carbonyl (C=O) groups is 1.